The van der Waals surface area contributed by atoms with Gasteiger partial charge in [0.25, 0.3) is 0 Å². The fraction of sp³-hybridized carbons (Fsp3) is 0.652. The molecule has 1 saturated heterocycles. The number of nitrogens with zero attached hydrogens (tertiary/aromatic N) is 2. The zero-order valence-electron chi connectivity index (χ0n) is 17.2. The maximum Gasteiger partial charge on any atom is 0.410 e. The summed E-state index contributed by atoms with van der Waals surface area (Å²) in [5, 5.41) is 0. The highest BCUT2D eigenvalue weighted by Gasteiger charge is 2.47. The van der Waals surface area contributed by atoms with Crippen molar-refractivity contribution in [3.63, 3.8) is 0 Å². The van der Waals surface area contributed by atoms with Crippen LogP contribution >= 0.6 is 0 Å². The lowest BCUT2D eigenvalue weighted by Crippen LogP contribution is -2.52. The molecule has 1 aromatic rings. The molecule has 0 bridgehead atoms. The molecule has 2 aliphatic heterocycles. The van der Waals surface area contributed by atoms with E-state index in [1.807, 2.05) is 9.80 Å². The smallest absolute Gasteiger partial charge is 0.410 e. The normalized spacial score (nSPS) is 22.5. The Balaban J connectivity index is 1.50. The number of fused-ring (bicyclic) bond motifs is 1. The fourth-order valence-electron chi connectivity index (χ4n) is 5.03. The molecule has 0 atom stereocenters. The Hall–Kier alpha value is -2.04. The van der Waals surface area contributed by atoms with Gasteiger partial charge in [-0.25, -0.2) is 4.79 Å². The second-order valence-corrected chi connectivity index (χ2v) is 9.03. The number of hydrogen-bond acceptors (Lipinski definition) is 3. The number of rotatable bonds is 2. The van der Waals surface area contributed by atoms with Crippen LogP contribution in [0.5, 0.6) is 0 Å². The number of ether oxygens (including phenoxy) is 1. The van der Waals surface area contributed by atoms with Gasteiger partial charge in [-0.2, -0.15) is 0 Å². The van der Waals surface area contributed by atoms with Gasteiger partial charge in [0.05, 0.1) is 5.41 Å². The van der Waals surface area contributed by atoms with E-state index in [1.165, 1.54) is 11.1 Å². The number of carbonyl (C=O) groups is 2. The van der Waals surface area contributed by atoms with E-state index in [-0.39, 0.29) is 24.1 Å². The highest BCUT2D eigenvalue weighted by Crippen LogP contribution is 2.41. The highest BCUT2D eigenvalue weighted by atomic mass is 16.6. The van der Waals surface area contributed by atoms with Gasteiger partial charge in [0.15, 0.2) is 0 Å². The first-order valence-corrected chi connectivity index (χ1v) is 10.8. The molecule has 0 aromatic heterocycles. The third kappa shape index (κ3) is 3.63. The van der Waals surface area contributed by atoms with E-state index in [9.17, 15) is 9.59 Å². The Bertz CT molecular complexity index is 731. The van der Waals surface area contributed by atoms with E-state index in [2.05, 4.69) is 38.1 Å². The van der Waals surface area contributed by atoms with Crippen molar-refractivity contribution in [2.24, 2.45) is 5.41 Å². The van der Waals surface area contributed by atoms with E-state index >= 15 is 0 Å². The Morgan fingerprint density at radius 2 is 1.75 bits per heavy atom. The molecule has 5 nitrogen and oxygen atoms in total. The molecule has 0 N–H and O–H groups in total. The summed E-state index contributed by atoms with van der Waals surface area (Å²) < 4.78 is 5.69. The van der Waals surface area contributed by atoms with Gasteiger partial charge >= 0.3 is 6.09 Å². The molecule has 2 amide bonds. The molecule has 1 saturated carbocycles. The van der Waals surface area contributed by atoms with Crippen LogP contribution in [0.1, 0.15) is 63.5 Å². The maximum absolute atomic E-state index is 13.6. The fourth-order valence-corrected chi connectivity index (χ4v) is 5.03. The average Bonchev–Trinajstić information content (AvgIpc) is 3.16. The molecule has 5 heteroatoms. The van der Waals surface area contributed by atoms with Gasteiger partial charge in [-0.3, -0.25) is 4.79 Å². The van der Waals surface area contributed by atoms with Crippen LogP contribution < -0.4 is 0 Å². The van der Waals surface area contributed by atoms with Crippen LogP contribution in [0, 0.1) is 5.41 Å². The Morgan fingerprint density at radius 1 is 1.11 bits per heavy atom. The van der Waals surface area contributed by atoms with Crippen LogP contribution in [-0.4, -0.2) is 47.0 Å². The molecule has 2 heterocycles. The van der Waals surface area contributed by atoms with Gasteiger partial charge in [0, 0.05) is 25.7 Å². The summed E-state index contributed by atoms with van der Waals surface area (Å²) in [4.78, 5) is 30.0. The summed E-state index contributed by atoms with van der Waals surface area (Å²) >= 11 is 0. The molecule has 28 heavy (non-hydrogen) atoms. The van der Waals surface area contributed by atoms with Gasteiger partial charge in [-0.1, -0.05) is 24.3 Å². The molecule has 2 fully saturated rings. The quantitative estimate of drug-likeness (QED) is 0.770. The van der Waals surface area contributed by atoms with E-state index in [0.717, 1.165) is 32.1 Å². The van der Waals surface area contributed by atoms with Crippen molar-refractivity contribution in [2.45, 2.75) is 77.5 Å². The SMILES string of the molecule is CC(C)N1Cc2ccccc2CC2(CCN(C(=O)OC3CCCC3)CC2)C1=O. The summed E-state index contributed by atoms with van der Waals surface area (Å²) in [6, 6.07) is 8.60. The number of piperidine rings is 1. The van der Waals surface area contributed by atoms with Crippen molar-refractivity contribution in [1.29, 1.82) is 0 Å². The minimum Gasteiger partial charge on any atom is -0.446 e. The van der Waals surface area contributed by atoms with Crippen molar-refractivity contribution in [3.8, 4) is 0 Å². The lowest BCUT2D eigenvalue weighted by atomic mass is 9.73. The molecule has 152 valence electrons. The average molecular weight is 385 g/mol. The van der Waals surface area contributed by atoms with Crippen molar-refractivity contribution < 1.29 is 14.3 Å². The van der Waals surface area contributed by atoms with Crippen LogP contribution in [-0.2, 0) is 22.5 Å². The predicted molar refractivity (Wildman–Crippen MR) is 108 cm³/mol. The number of likely N-dealkylation sites (tertiary alicyclic amines) is 1. The van der Waals surface area contributed by atoms with Crippen molar-refractivity contribution in [3.05, 3.63) is 35.4 Å². The Kier molecular flexibility index (Phi) is 5.35. The first kappa shape index (κ1) is 19.3. The number of amides is 2. The summed E-state index contributed by atoms with van der Waals surface area (Å²) in [7, 11) is 0. The number of carbonyl (C=O) groups excluding carboxylic acids is 2. The molecular weight excluding hydrogens is 352 g/mol. The molecule has 1 spiro atoms. The minimum atomic E-state index is -0.402. The first-order chi connectivity index (χ1) is 13.5. The zero-order chi connectivity index (χ0) is 19.7. The highest BCUT2D eigenvalue weighted by molar-refractivity contribution is 5.84. The molecule has 0 radical (unpaired) electrons. The van der Waals surface area contributed by atoms with Crippen LogP contribution in [0.3, 0.4) is 0 Å². The summed E-state index contributed by atoms with van der Waals surface area (Å²) in [6.45, 7) is 6.07. The van der Waals surface area contributed by atoms with Crippen molar-refractivity contribution >= 4 is 12.0 Å². The lowest BCUT2D eigenvalue weighted by molar-refractivity contribution is -0.147. The summed E-state index contributed by atoms with van der Waals surface area (Å²) in [5.74, 6) is 0.252. The van der Waals surface area contributed by atoms with Gasteiger partial charge in [-0.05, 0) is 69.9 Å². The Morgan fingerprint density at radius 3 is 2.39 bits per heavy atom. The van der Waals surface area contributed by atoms with Gasteiger partial charge in [-0.15, -0.1) is 0 Å². The molecule has 4 rings (SSSR count). The maximum atomic E-state index is 13.6. The minimum absolute atomic E-state index is 0.0891. The summed E-state index contributed by atoms with van der Waals surface area (Å²) in [5.41, 5.74) is 2.13. The number of benzene rings is 1. The molecule has 3 aliphatic rings. The predicted octanol–water partition coefficient (Wildman–Crippen LogP) is 4.14. The first-order valence-electron chi connectivity index (χ1n) is 10.8. The van der Waals surface area contributed by atoms with Crippen LogP contribution in [0.2, 0.25) is 0 Å². The van der Waals surface area contributed by atoms with Crippen molar-refractivity contribution in [2.75, 3.05) is 13.1 Å². The van der Waals surface area contributed by atoms with E-state index in [0.29, 0.717) is 32.5 Å². The second kappa shape index (κ2) is 7.76. The summed E-state index contributed by atoms with van der Waals surface area (Å²) in [6.07, 6.45) is 6.38. The van der Waals surface area contributed by atoms with Crippen LogP contribution in [0.25, 0.3) is 0 Å². The molecule has 1 aromatic carbocycles. The third-order valence-electron chi connectivity index (χ3n) is 6.87. The van der Waals surface area contributed by atoms with Gasteiger partial charge in [0.1, 0.15) is 6.10 Å². The van der Waals surface area contributed by atoms with Gasteiger partial charge in [0.2, 0.25) is 5.91 Å². The van der Waals surface area contributed by atoms with Crippen LogP contribution in [0.4, 0.5) is 4.79 Å². The second-order valence-electron chi connectivity index (χ2n) is 9.03. The largest absolute Gasteiger partial charge is 0.446 e. The molecule has 1 aliphatic carbocycles. The third-order valence-corrected chi connectivity index (χ3v) is 6.87. The lowest BCUT2D eigenvalue weighted by Gasteiger charge is -2.42. The van der Waals surface area contributed by atoms with E-state index < -0.39 is 5.41 Å². The van der Waals surface area contributed by atoms with E-state index in [1.54, 1.807) is 0 Å². The Labute approximate surface area is 168 Å². The molecular formula is C23H32N2O3. The van der Waals surface area contributed by atoms with Crippen molar-refractivity contribution in [1.82, 2.24) is 9.80 Å². The molecule has 0 unspecified atom stereocenters. The monoisotopic (exact) mass is 384 g/mol. The topological polar surface area (TPSA) is 49.9 Å². The van der Waals surface area contributed by atoms with Gasteiger partial charge < -0.3 is 14.5 Å². The number of hydrogen-bond donors (Lipinski definition) is 0. The standard InChI is InChI=1S/C23H32N2O3/c1-17(2)25-16-19-8-4-3-7-18(19)15-23(21(25)26)11-13-24(14-12-23)22(27)28-20-9-5-6-10-20/h3-4,7-8,17,20H,5-6,9-16H2,1-2H3. The van der Waals surface area contributed by atoms with E-state index in [4.69, 9.17) is 4.74 Å². The van der Waals surface area contributed by atoms with Crippen LogP contribution in [0.15, 0.2) is 24.3 Å². The zero-order valence-corrected chi connectivity index (χ0v) is 17.2.